The summed E-state index contributed by atoms with van der Waals surface area (Å²) in [5, 5.41) is 6.09. The normalized spacial score (nSPS) is 14.9. The lowest BCUT2D eigenvalue weighted by Gasteiger charge is -2.37. The Morgan fingerprint density at radius 2 is 1.92 bits per heavy atom. The summed E-state index contributed by atoms with van der Waals surface area (Å²) < 4.78 is 6.06. The first-order valence-electron chi connectivity index (χ1n) is 11.9. The van der Waals surface area contributed by atoms with Crippen molar-refractivity contribution in [2.24, 2.45) is 5.92 Å². The molecule has 0 aliphatic carbocycles. The number of benzene rings is 2. The molecular weight excluding hydrogens is 517 g/mol. The van der Waals surface area contributed by atoms with Crippen molar-refractivity contribution in [2.75, 3.05) is 31.6 Å². The number of fused-ring (bicyclic) bond motifs is 1. The van der Waals surface area contributed by atoms with E-state index >= 15 is 0 Å². The van der Waals surface area contributed by atoms with Gasteiger partial charge in [-0.1, -0.05) is 43.1 Å². The Morgan fingerprint density at radius 1 is 1.14 bits per heavy atom. The number of hydrogen-bond acceptors (Lipinski definition) is 4. The first kappa shape index (κ1) is 26.3. The van der Waals surface area contributed by atoms with Crippen LogP contribution in [0.5, 0.6) is 5.75 Å². The van der Waals surface area contributed by atoms with Crippen LogP contribution < -0.4 is 10.1 Å². The highest BCUT2D eigenvalue weighted by atomic mass is 35.5. The van der Waals surface area contributed by atoms with E-state index in [-0.39, 0.29) is 30.4 Å². The molecule has 3 amide bonds. The average Bonchev–Trinajstić information content (AvgIpc) is 3.32. The molecule has 6 nitrogen and oxygen atoms in total. The molecule has 1 aromatic heterocycles. The van der Waals surface area contributed by atoms with Gasteiger partial charge in [-0.2, -0.15) is 0 Å². The van der Waals surface area contributed by atoms with E-state index < -0.39 is 0 Å². The van der Waals surface area contributed by atoms with Crippen molar-refractivity contribution in [3.8, 4) is 5.75 Å². The summed E-state index contributed by atoms with van der Waals surface area (Å²) in [5.74, 6) is 0.770. The predicted molar refractivity (Wildman–Crippen MR) is 146 cm³/mol. The summed E-state index contributed by atoms with van der Waals surface area (Å²) in [4.78, 5) is 31.4. The molecule has 36 heavy (non-hydrogen) atoms. The summed E-state index contributed by atoms with van der Waals surface area (Å²) in [7, 11) is 0. The number of thiophene rings is 1. The molecule has 0 saturated heterocycles. The number of halogens is 2. The molecular formula is C27H29Cl2N3O3S. The van der Waals surface area contributed by atoms with Crippen LogP contribution in [0.4, 0.5) is 10.5 Å². The Hall–Kier alpha value is -2.74. The minimum absolute atomic E-state index is 0.0263. The van der Waals surface area contributed by atoms with Gasteiger partial charge in [0.15, 0.2) is 0 Å². The number of amides is 3. The lowest BCUT2D eigenvalue weighted by Crippen LogP contribution is -2.49. The van der Waals surface area contributed by atoms with Crippen LogP contribution in [0.1, 0.15) is 30.3 Å². The van der Waals surface area contributed by atoms with Crippen molar-refractivity contribution < 1.29 is 14.3 Å². The molecule has 1 aliphatic rings. The molecule has 4 rings (SSSR count). The molecule has 1 N–H and O–H groups in total. The highest BCUT2D eigenvalue weighted by Crippen LogP contribution is 2.34. The standard InChI is InChI=1S/C27H29Cl2N3O3S/c1-18(2)15-31(27(34)30-21-5-3-4-20(29)14-21)16-26(33)32-12-10-25-23(11-13-36-25)24(32)17-35-22-8-6-19(28)7-9-22/h3-9,11,13-14,18,24H,10,12,15-17H2,1-2H3,(H,30,34)/t24-/m0/s1. The third kappa shape index (κ3) is 6.72. The maximum atomic E-state index is 13.6. The lowest BCUT2D eigenvalue weighted by molar-refractivity contribution is -0.135. The summed E-state index contributed by atoms with van der Waals surface area (Å²) in [6, 6.07) is 15.6. The Morgan fingerprint density at radius 3 is 2.64 bits per heavy atom. The van der Waals surface area contributed by atoms with E-state index in [9.17, 15) is 9.59 Å². The minimum atomic E-state index is -0.332. The highest BCUT2D eigenvalue weighted by Gasteiger charge is 2.33. The fourth-order valence-corrected chi connectivity index (χ4v) is 5.51. The van der Waals surface area contributed by atoms with Crippen LogP contribution in [0.15, 0.2) is 60.0 Å². The van der Waals surface area contributed by atoms with Gasteiger partial charge >= 0.3 is 6.03 Å². The topological polar surface area (TPSA) is 61.9 Å². The van der Waals surface area contributed by atoms with E-state index in [2.05, 4.69) is 16.8 Å². The van der Waals surface area contributed by atoms with Crippen molar-refractivity contribution in [3.05, 3.63) is 80.5 Å². The zero-order chi connectivity index (χ0) is 25.7. The van der Waals surface area contributed by atoms with Crippen molar-refractivity contribution >= 4 is 52.2 Å². The van der Waals surface area contributed by atoms with Gasteiger partial charge in [0.05, 0.1) is 6.04 Å². The molecule has 0 spiro atoms. The molecule has 1 aliphatic heterocycles. The molecule has 0 unspecified atom stereocenters. The van der Waals surface area contributed by atoms with Crippen molar-refractivity contribution in [1.29, 1.82) is 0 Å². The van der Waals surface area contributed by atoms with Gasteiger partial charge in [-0.3, -0.25) is 4.79 Å². The van der Waals surface area contributed by atoms with Gasteiger partial charge in [0.1, 0.15) is 18.9 Å². The average molecular weight is 547 g/mol. The van der Waals surface area contributed by atoms with Gasteiger partial charge in [0.25, 0.3) is 0 Å². The second kappa shape index (κ2) is 12.0. The quantitative estimate of drug-likeness (QED) is 0.340. The lowest BCUT2D eigenvalue weighted by atomic mass is 10.0. The maximum Gasteiger partial charge on any atom is 0.322 e. The number of ether oxygens (including phenoxy) is 1. The number of hydrogen-bond donors (Lipinski definition) is 1. The molecule has 1 atom stereocenters. The number of carbonyl (C=O) groups is 2. The fraction of sp³-hybridized carbons (Fsp3) is 0.333. The number of nitrogens with zero attached hydrogens (tertiary/aromatic N) is 2. The van der Waals surface area contributed by atoms with Crippen LogP contribution in [0.2, 0.25) is 10.0 Å². The molecule has 0 radical (unpaired) electrons. The third-order valence-electron chi connectivity index (χ3n) is 5.91. The van der Waals surface area contributed by atoms with Crippen LogP contribution in [-0.4, -0.2) is 48.0 Å². The third-order valence-corrected chi connectivity index (χ3v) is 7.40. The first-order chi connectivity index (χ1) is 17.3. The Labute approximate surface area is 225 Å². The van der Waals surface area contributed by atoms with Crippen LogP contribution in [0.3, 0.4) is 0 Å². The van der Waals surface area contributed by atoms with Crippen molar-refractivity contribution in [2.45, 2.75) is 26.3 Å². The molecule has 2 aromatic carbocycles. The molecule has 0 bridgehead atoms. The van der Waals surface area contributed by atoms with Gasteiger partial charge in [0, 0.05) is 33.7 Å². The fourth-order valence-electron chi connectivity index (χ4n) is 4.26. The molecule has 3 aromatic rings. The van der Waals surface area contributed by atoms with Crippen LogP contribution in [-0.2, 0) is 11.2 Å². The van der Waals surface area contributed by atoms with Crippen LogP contribution in [0.25, 0.3) is 0 Å². The van der Waals surface area contributed by atoms with E-state index in [1.54, 1.807) is 52.6 Å². The molecule has 9 heteroatoms. The largest absolute Gasteiger partial charge is 0.491 e. The van der Waals surface area contributed by atoms with Gasteiger partial charge < -0.3 is 19.9 Å². The Bertz CT molecular complexity index is 1200. The van der Waals surface area contributed by atoms with E-state index in [1.807, 2.05) is 30.9 Å². The van der Waals surface area contributed by atoms with E-state index in [1.165, 1.54) is 4.88 Å². The van der Waals surface area contributed by atoms with Crippen molar-refractivity contribution in [3.63, 3.8) is 0 Å². The number of nitrogens with one attached hydrogen (secondary N) is 1. The minimum Gasteiger partial charge on any atom is -0.491 e. The second-order valence-corrected chi connectivity index (χ2v) is 11.0. The predicted octanol–water partition coefficient (Wildman–Crippen LogP) is 6.75. The zero-order valence-electron chi connectivity index (χ0n) is 20.2. The molecule has 2 heterocycles. The number of urea groups is 1. The van der Waals surface area contributed by atoms with Gasteiger partial charge in [-0.05, 0) is 71.8 Å². The van der Waals surface area contributed by atoms with Crippen LogP contribution >= 0.6 is 34.5 Å². The van der Waals surface area contributed by atoms with E-state index in [0.29, 0.717) is 41.2 Å². The van der Waals surface area contributed by atoms with Crippen LogP contribution in [0, 0.1) is 5.92 Å². The Kier molecular flexibility index (Phi) is 8.77. The maximum absolute atomic E-state index is 13.6. The van der Waals surface area contributed by atoms with E-state index in [4.69, 9.17) is 27.9 Å². The summed E-state index contributed by atoms with van der Waals surface area (Å²) in [6.07, 6.45) is 0.787. The van der Waals surface area contributed by atoms with Gasteiger partial charge in [-0.15, -0.1) is 11.3 Å². The second-order valence-electron chi connectivity index (χ2n) is 9.13. The smallest absolute Gasteiger partial charge is 0.322 e. The van der Waals surface area contributed by atoms with Crippen molar-refractivity contribution in [1.82, 2.24) is 9.80 Å². The monoisotopic (exact) mass is 545 g/mol. The highest BCUT2D eigenvalue weighted by molar-refractivity contribution is 7.10. The molecule has 0 fully saturated rings. The number of rotatable bonds is 8. The SMILES string of the molecule is CC(C)CN(CC(=O)N1CCc2sccc2[C@@H]1COc1ccc(Cl)cc1)C(=O)Nc1cccc(Cl)c1. The summed E-state index contributed by atoms with van der Waals surface area (Å²) >= 11 is 13.8. The Balaban J connectivity index is 1.49. The summed E-state index contributed by atoms with van der Waals surface area (Å²) in [5.41, 5.74) is 1.69. The first-order valence-corrected chi connectivity index (χ1v) is 13.5. The van der Waals surface area contributed by atoms with Gasteiger partial charge in [0.2, 0.25) is 5.91 Å². The number of anilines is 1. The van der Waals surface area contributed by atoms with E-state index in [0.717, 1.165) is 12.0 Å². The number of carbonyl (C=O) groups excluding carboxylic acids is 2. The van der Waals surface area contributed by atoms with Gasteiger partial charge in [-0.25, -0.2) is 4.79 Å². The molecule has 0 saturated carbocycles. The summed E-state index contributed by atoms with van der Waals surface area (Å²) in [6.45, 7) is 5.35. The zero-order valence-corrected chi connectivity index (χ0v) is 22.6. The molecule has 190 valence electrons.